The van der Waals surface area contributed by atoms with Crippen LogP contribution in [0.25, 0.3) is 21.3 Å². The quantitative estimate of drug-likeness (QED) is 0.683. The van der Waals surface area contributed by atoms with E-state index in [1.807, 2.05) is 12.4 Å². The van der Waals surface area contributed by atoms with E-state index in [0.29, 0.717) is 12.0 Å². The first-order chi connectivity index (χ1) is 12.8. The van der Waals surface area contributed by atoms with Gasteiger partial charge in [0.15, 0.2) is 0 Å². The van der Waals surface area contributed by atoms with Crippen LogP contribution in [-0.2, 0) is 0 Å². The first kappa shape index (κ1) is 16.3. The summed E-state index contributed by atoms with van der Waals surface area (Å²) in [5.74, 6) is 0.529. The van der Waals surface area contributed by atoms with Crippen molar-refractivity contribution >= 4 is 21.6 Å². The molecule has 1 aliphatic heterocycles. The average Bonchev–Trinajstić information content (AvgIpc) is 3.27. The number of alkyl halides is 1. The molecule has 1 atom stereocenters. The highest BCUT2D eigenvalue weighted by Gasteiger charge is 2.40. The second-order valence-corrected chi connectivity index (χ2v) is 8.43. The highest BCUT2D eigenvalue weighted by Crippen LogP contribution is 2.44. The van der Waals surface area contributed by atoms with E-state index >= 15 is 0 Å². The number of aromatic nitrogens is 3. The van der Waals surface area contributed by atoms with Crippen molar-refractivity contribution in [3.05, 3.63) is 41.9 Å². The normalized spacial score (nSPS) is 26.3. The van der Waals surface area contributed by atoms with Crippen LogP contribution in [0.2, 0.25) is 0 Å². The number of fused-ring (bicyclic) bond motifs is 1. The third-order valence-corrected chi connectivity index (χ3v) is 7.01. The van der Waals surface area contributed by atoms with Crippen LogP contribution in [0.5, 0.6) is 0 Å². The Morgan fingerprint density at radius 2 is 2.00 bits per heavy atom. The molecular formula is C20H21FN4S. The topological polar surface area (TPSA) is 41.9 Å². The molecule has 0 amide bonds. The predicted octanol–water partition coefficient (Wildman–Crippen LogP) is 4.43. The summed E-state index contributed by atoms with van der Waals surface area (Å²) in [6.45, 7) is 0.864. The average molecular weight is 368 g/mol. The molecule has 0 spiro atoms. The maximum atomic E-state index is 13.1. The molecule has 1 aliphatic carbocycles. The Hall–Kier alpha value is -1.92. The summed E-state index contributed by atoms with van der Waals surface area (Å²) in [6, 6.07) is 7.07. The fourth-order valence-electron chi connectivity index (χ4n) is 4.31. The van der Waals surface area contributed by atoms with Crippen molar-refractivity contribution in [2.24, 2.45) is 0 Å². The van der Waals surface area contributed by atoms with E-state index in [1.54, 1.807) is 17.7 Å². The largest absolute Gasteiger partial charge is 0.295 e. The van der Waals surface area contributed by atoms with Crippen molar-refractivity contribution in [2.45, 2.75) is 43.7 Å². The number of thiazole rings is 1. The smallest absolute Gasteiger partial charge is 0.115 e. The van der Waals surface area contributed by atoms with Gasteiger partial charge < -0.3 is 0 Å². The van der Waals surface area contributed by atoms with Gasteiger partial charge in [-0.05, 0) is 49.9 Å². The number of likely N-dealkylation sites (tertiary alicyclic amines) is 1. The van der Waals surface area contributed by atoms with Crippen molar-refractivity contribution in [2.75, 3.05) is 13.2 Å². The van der Waals surface area contributed by atoms with E-state index in [1.165, 1.54) is 9.71 Å². The van der Waals surface area contributed by atoms with Crippen molar-refractivity contribution in [3.63, 3.8) is 0 Å². The van der Waals surface area contributed by atoms with E-state index in [4.69, 9.17) is 4.98 Å². The zero-order valence-corrected chi connectivity index (χ0v) is 15.3. The van der Waals surface area contributed by atoms with Gasteiger partial charge in [-0.15, -0.1) is 11.3 Å². The molecule has 0 unspecified atom stereocenters. The molecule has 3 heterocycles. The van der Waals surface area contributed by atoms with Crippen molar-refractivity contribution in [3.8, 4) is 11.1 Å². The van der Waals surface area contributed by atoms with Crippen molar-refractivity contribution in [1.82, 2.24) is 19.9 Å². The molecule has 2 fully saturated rings. The fourth-order valence-corrected chi connectivity index (χ4v) is 5.44. The molecule has 6 heteroatoms. The summed E-state index contributed by atoms with van der Waals surface area (Å²) >= 11 is 1.80. The van der Waals surface area contributed by atoms with E-state index in [-0.39, 0.29) is 12.7 Å². The molecule has 1 aromatic carbocycles. The van der Waals surface area contributed by atoms with Crippen molar-refractivity contribution < 1.29 is 4.39 Å². The Labute approximate surface area is 156 Å². The van der Waals surface area contributed by atoms with Gasteiger partial charge >= 0.3 is 0 Å². The van der Waals surface area contributed by atoms with Gasteiger partial charge in [0.2, 0.25) is 0 Å². The summed E-state index contributed by atoms with van der Waals surface area (Å²) in [6.07, 6.45) is 9.63. The number of hydrogen-bond acceptors (Lipinski definition) is 5. The molecule has 0 N–H and O–H groups in total. The second kappa shape index (κ2) is 6.67. The molecule has 3 aromatic rings. The predicted molar refractivity (Wildman–Crippen MR) is 102 cm³/mol. The van der Waals surface area contributed by atoms with Gasteiger partial charge in [0.25, 0.3) is 0 Å². The van der Waals surface area contributed by atoms with Gasteiger partial charge in [0.1, 0.15) is 13.0 Å². The molecule has 1 saturated carbocycles. The first-order valence-corrected chi connectivity index (χ1v) is 10.1. The lowest BCUT2D eigenvalue weighted by atomic mass is 9.79. The van der Waals surface area contributed by atoms with Crippen LogP contribution < -0.4 is 0 Å². The summed E-state index contributed by atoms with van der Waals surface area (Å²) in [5.41, 5.74) is 3.22. The highest BCUT2D eigenvalue weighted by molar-refractivity contribution is 7.18. The SMILES string of the molecule is FC[C@@H]1CCCN1C1CC(c2nc3ccc(-c4cncnc4)cc3s2)C1. The molecule has 2 aliphatic rings. The van der Waals surface area contributed by atoms with Crippen LogP contribution in [0.15, 0.2) is 36.9 Å². The van der Waals surface area contributed by atoms with E-state index < -0.39 is 0 Å². The number of rotatable bonds is 4. The first-order valence-electron chi connectivity index (χ1n) is 9.29. The highest BCUT2D eigenvalue weighted by atomic mass is 32.1. The lowest BCUT2D eigenvalue weighted by molar-refractivity contribution is 0.0845. The maximum absolute atomic E-state index is 13.1. The maximum Gasteiger partial charge on any atom is 0.115 e. The van der Waals surface area contributed by atoms with Gasteiger partial charge in [0.05, 0.1) is 15.2 Å². The molecule has 0 radical (unpaired) electrons. The van der Waals surface area contributed by atoms with Gasteiger partial charge in [-0.1, -0.05) is 6.07 Å². The van der Waals surface area contributed by atoms with Gasteiger partial charge in [-0.3, -0.25) is 4.90 Å². The van der Waals surface area contributed by atoms with Crippen LogP contribution in [-0.4, -0.2) is 45.2 Å². The molecule has 0 bridgehead atoms. The molecule has 26 heavy (non-hydrogen) atoms. The standard InChI is InChI=1S/C20H21FN4S/c21-9-16-2-1-5-25(16)17-6-14(7-17)20-24-18-4-3-13(8-19(18)26-20)15-10-22-12-23-11-15/h3-4,8,10-12,14,16-17H,1-2,5-7,9H2/t14?,16-,17?/m0/s1. The number of halogens is 1. The molecular weight excluding hydrogens is 347 g/mol. The van der Waals surface area contributed by atoms with E-state index in [2.05, 4.69) is 33.1 Å². The van der Waals surface area contributed by atoms with Crippen LogP contribution >= 0.6 is 11.3 Å². The van der Waals surface area contributed by atoms with Gasteiger partial charge in [-0.2, -0.15) is 0 Å². The summed E-state index contributed by atoms with van der Waals surface area (Å²) in [5, 5.41) is 1.23. The fraction of sp³-hybridized carbons (Fsp3) is 0.450. The van der Waals surface area contributed by atoms with Crippen LogP contribution in [0.3, 0.4) is 0 Å². The summed E-state index contributed by atoms with van der Waals surface area (Å²) < 4.78 is 14.4. The Morgan fingerprint density at radius 3 is 2.81 bits per heavy atom. The van der Waals surface area contributed by atoms with Crippen molar-refractivity contribution in [1.29, 1.82) is 0 Å². The zero-order valence-electron chi connectivity index (χ0n) is 14.5. The van der Waals surface area contributed by atoms with Gasteiger partial charge in [-0.25, -0.2) is 19.3 Å². The number of benzene rings is 1. The van der Waals surface area contributed by atoms with Crippen LogP contribution in [0.4, 0.5) is 4.39 Å². The zero-order chi connectivity index (χ0) is 17.5. The Bertz CT molecular complexity index is 907. The van der Waals surface area contributed by atoms with E-state index in [9.17, 15) is 4.39 Å². The van der Waals surface area contributed by atoms with Crippen LogP contribution in [0.1, 0.15) is 36.6 Å². The second-order valence-electron chi connectivity index (χ2n) is 7.37. The number of nitrogens with zero attached hydrogens (tertiary/aromatic N) is 4. The van der Waals surface area contributed by atoms with E-state index in [0.717, 1.165) is 48.9 Å². The number of hydrogen-bond donors (Lipinski definition) is 0. The molecule has 2 aromatic heterocycles. The minimum Gasteiger partial charge on any atom is -0.295 e. The Kier molecular flexibility index (Phi) is 4.17. The molecule has 1 saturated heterocycles. The van der Waals surface area contributed by atoms with Crippen LogP contribution in [0, 0.1) is 0 Å². The lowest BCUT2D eigenvalue weighted by Gasteiger charge is -2.42. The molecule has 5 rings (SSSR count). The summed E-state index contributed by atoms with van der Waals surface area (Å²) in [7, 11) is 0. The Balaban J connectivity index is 1.33. The lowest BCUT2D eigenvalue weighted by Crippen LogP contribution is -2.46. The monoisotopic (exact) mass is 368 g/mol. The van der Waals surface area contributed by atoms with Gasteiger partial charge in [0, 0.05) is 36.0 Å². The minimum absolute atomic E-state index is 0.159. The minimum atomic E-state index is -0.200. The summed E-state index contributed by atoms with van der Waals surface area (Å²) in [4.78, 5) is 15.5. The molecule has 134 valence electrons. The Morgan fingerprint density at radius 1 is 1.15 bits per heavy atom. The molecule has 4 nitrogen and oxygen atoms in total. The third-order valence-electron chi connectivity index (χ3n) is 5.83. The third kappa shape index (κ3) is 2.81.